The van der Waals surface area contributed by atoms with E-state index in [0.29, 0.717) is 12.5 Å². The molecule has 2 aromatic rings. The number of carbonyl (C=O) groups is 1. The maximum absolute atomic E-state index is 13.2. The third kappa shape index (κ3) is 3.14. The van der Waals surface area contributed by atoms with Gasteiger partial charge in [-0.1, -0.05) is 6.92 Å². The van der Waals surface area contributed by atoms with Crippen molar-refractivity contribution in [1.29, 1.82) is 0 Å². The molecule has 5 heteroatoms. The highest BCUT2D eigenvalue weighted by Crippen LogP contribution is 2.21. The average Bonchev–Trinajstić information content (AvgIpc) is 2.90. The van der Waals surface area contributed by atoms with Gasteiger partial charge in [0.05, 0.1) is 6.42 Å². The minimum Gasteiger partial charge on any atom is -0.361 e. The van der Waals surface area contributed by atoms with Gasteiger partial charge in [-0.25, -0.2) is 4.39 Å². The summed E-state index contributed by atoms with van der Waals surface area (Å²) in [6.45, 7) is 4.63. The number of halogens is 1. The topological polar surface area (TPSA) is 48.1 Å². The molecule has 1 aliphatic rings. The Kier molecular flexibility index (Phi) is 4.43. The number of nitrogens with one attached hydrogen (secondary N) is 2. The molecule has 4 nitrogen and oxygen atoms in total. The van der Waals surface area contributed by atoms with E-state index in [1.165, 1.54) is 12.1 Å². The van der Waals surface area contributed by atoms with Gasteiger partial charge >= 0.3 is 0 Å². The summed E-state index contributed by atoms with van der Waals surface area (Å²) in [5.41, 5.74) is 1.68. The summed E-state index contributed by atoms with van der Waals surface area (Å²) in [4.78, 5) is 17.5. The normalized spacial score (nSPS) is 18.8. The molecule has 3 rings (SSSR count). The maximum Gasteiger partial charge on any atom is 0.227 e. The van der Waals surface area contributed by atoms with Crippen LogP contribution in [0.25, 0.3) is 10.9 Å². The first kappa shape index (κ1) is 15.0. The lowest BCUT2D eigenvalue weighted by atomic mass is 10.0. The minimum absolute atomic E-state index is 0.146. The molecule has 1 aromatic carbocycles. The zero-order valence-electron chi connectivity index (χ0n) is 12.9. The minimum atomic E-state index is -0.267. The Morgan fingerprint density at radius 3 is 3.18 bits per heavy atom. The van der Waals surface area contributed by atoms with Gasteiger partial charge in [-0.15, -0.1) is 0 Å². The zero-order chi connectivity index (χ0) is 15.5. The van der Waals surface area contributed by atoms with E-state index in [-0.39, 0.29) is 11.7 Å². The Morgan fingerprint density at radius 2 is 2.36 bits per heavy atom. The highest BCUT2D eigenvalue weighted by atomic mass is 19.1. The fourth-order valence-corrected chi connectivity index (χ4v) is 3.24. The van der Waals surface area contributed by atoms with Crippen LogP contribution in [-0.2, 0) is 11.2 Å². The predicted octanol–water partition coefficient (Wildman–Crippen LogP) is 2.45. The summed E-state index contributed by atoms with van der Waals surface area (Å²) >= 11 is 0. The molecule has 22 heavy (non-hydrogen) atoms. The Morgan fingerprint density at radius 1 is 1.50 bits per heavy atom. The van der Waals surface area contributed by atoms with Gasteiger partial charge in [-0.05, 0) is 43.1 Å². The molecule has 0 radical (unpaired) electrons. The second-order valence-electron chi connectivity index (χ2n) is 5.92. The molecule has 1 aliphatic heterocycles. The van der Waals surface area contributed by atoms with Crippen LogP contribution in [0.15, 0.2) is 24.4 Å². The number of aromatic amines is 1. The van der Waals surface area contributed by atoms with Crippen molar-refractivity contribution in [3.8, 4) is 0 Å². The van der Waals surface area contributed by atoms with Crippen LogP contribution in [-0.4, -0.2) is 41.5 Å². The predicted molar refractivity (Wildman–Crippen MR) is 85.2 cm³/mol. The molecule has 118 valence electrons. The fourth-order valence-electron chi connectivity index (χ4n) is 3.24. The van der Waals surface area contributed by atoms with Crippen molar-refractivity contribution in [3.05, 3.63) is 35.8 Å². The SMILES string of the molecule is CCN[C@H]1CCCN(C(=O)Cc2c[nH]c3cc(F)ccc23)C1. The van der Waals surface area contributed by atoms with Crippen LogP contribution in [0.4, 0.5) is 4.39 Å². The van der Waals surface area contributed by atoms with Crippen LogP contribution >= 0.6 is 0 Å². The Labute approximate surface area is 129 Å². The second kappa shape index (κ2) is 6.48. The van der Waals surface area contributed by atoms with Crippen LogP contribution in [0, 0.1) is 5.82 Å². The molecule has 0 saturated carbocycles. The van der Waals surface area contributed by atoms with Crippen LogP contribution in [0.1, 0.15) is 25.3 Å². The molecule has 2 N–H and O–H groups in total. The number of likely N-dealkylation sites (N-methyl/N-ethyl adjacent to an activating group) is 1. The van der Waals surface area contributed by atoms with E-state index in [0.717, 1.165) is 48.9 Å². The lowest BCUT2D eigenvalue weighted by Crippen LogP contribution is -2.48. The van der Waals surface area contributed by atoms with Crippen LogP contribution in [0.2, 0.25) is 0 Å². The molecule has 1 fully saturated rings. The van der Waals surface area contributed by atoms with E-state index >= 15 is 0 Å². The van der Waals surface area contributed by atoms with E-state index in [1.54, 1.807) is 6.07 Å². The first-order chi connectivity index (χ1) is 10.7. The summed E-state index contributed by atoms with van der Waals surface area (Å²) in [6, 6.07) is 5.04. The van der Waals surface area contributed by atoms with Gasteiger partial charge in [0.15, 0.2) is 0 Å². The molecular weight excluding hydrogens is 281 g/mol. The Balaban J connectivity index is 1.70. The number of fused-ring (bicyclic) bond motifs is 1. The maximum atomic E-state index is 13.2. The van der Waals surface area contributed by atoms with E-state index < -0.39 is 0 Å². The molecule has 0 unspecified atom stereocenters. The van der Waals surface area contributed by atoms with Gasteiger partial charge in [0.1, 0.15) is 5.82 Å². The molecule has 0 bridgehead atoms. The second-order valence-corrected chi connectivity index (χ2v) is 5.92. The van der Waals surface area contributed by atoms with Crippen molar-refractivity contribution in [2.24, 2.45) is 0 Å². The van der Waals surface area contributed by atoms with Crippen molar-refractivity contribution in [2.45, 2.75) is 32.2 Å². The van der Waals surface area contributed by atoms with Crippen LogP contribution in [0.3, 0.4) is 0 Å². The molecule has 2 heterocycles. The molecular formula is C17H22FN3O. The standard InChI is InChI=1S/C17H22FN3O/c1-2-19-14-4-3-7-21(11-14)17(22)8-12-10-20-16-9-13(18)5-6-15(12)16/h5-6,9-10,14,19-20H,2-4,7-8,11H2,1H3/t14-/m0/s1. The highest BCUT2D eigenvalue weighted by Gasteiger charge is 2.23. The number of likely N-dealkylation sites (tertiary alicyclic amines) is 1. The Bertz CT molecular complexity index is 665. The number of aromatic nitrogens is 1. The van der Waals surface area contributed by atoms with Gasteiger partial charge < -0.3 is 15.2 Å². The quantitative estimate of drug-likeness (QED) is 0.911. The average molecular weight is 303 g/mol. The summed E-state index contributed by atoms with van der Waals surface area (Å²) < 4.78 is 13.2. The van der Waals surface area contributed by atoms with Gasteiger partial charge in [-0.2, -0.15) is 0 Å². The number of nitrogens with zero attached hydrogens (tertiary/aromatic N) is 1. The van der Waals surface area contributed by atoms with Gasteiger partial charge in [0.2, 0.25) is 5.91 Å². The van der Waals surface area contributed by atoms with E-state index in [9.17, 15) is 9.18 Å². The first-order valence-electron chi connectivity index (χ1n) is 7.94. The zero-order valence-corrected chi connectivity index (χ0v) is 12.9. The van der Waals surface area contributed by atoms with Crippen LogP contribution in [0.5, 0.6) is 0 Å². The van der Waals surface area contributed by atoms with E-state index in [2.05, 4.69) is 17.2 Å². The number of H-pyrrole nitrogens is 1. The molecule has 1 saturated heterocycles. The number of hydrogen-bond acceptors (Lipinski definition) is 2. The number of piperidine rings is 1. The first-order valence-corrected chi connectivity index (χ1v) is 7.94. The van der Waals surface area contributed by atoms with Crippen molar-refractivity contribution in [3.63, 3.8) is 0 Å². The number of amides is 1. The third-order valence-electron chi connectivity index (χ3n) is 4.34. The number of hydrogen-bond donors (Lipinski definition) is 2. The largest absolute Gasteiger partial charge is 0.361 e. The van der Waals surface area contributed by atoms with Gasteiger partial charge in [-0.3, -0.25) is 4.79 Å². The van der Waals surface area contributed by atoms with E-state index in [1.807, 2.05) is 11.1 Å². The van der Waals surface area contributed by atoms with Crippen molar-refractivity contribution < 1.29 is 9.18 Å². The monoisotopic (exact) mass is 303 g/mol. The summed E-state index contributed by atoms with van der Waals surface area (Å²) in [5, 5.41) is 4.35. The Hall–Kier alpha value is -1.88. The smallest absolute Gasteiger partial charge is 0.227 e. The lowest BCUT2D eigenvalue weighted by molar-refractivity contribution is -0.131. The molecule has 1 aromatic heterocycles. The lowest BCUT2D eigenvalue weighted by Gasteiger charge is -2.33. The number of benzene rings is 1. The summed E-state index contributed by atoms with van der Waals surface area (Å²) in [5.74, 6) is -0.121. The molecule has 0 spiro atoms. The molecule has 1 atom stereocenters. The molecule has 1 amide bonds. The summed E-state index contributed by atoms with van der Waals surface area (Å²) in [7, 11) is 0. The van der Waals surface area contributed by atoms with Crippen molar-refractivity contribution in [2.75, 3.05) is 19.6 Å². The van der Waals surface area contributed by atoms with Crippen LogP contribution < -0.4 is 5.32 Å². The highest BCUT2D eigenvalue weighted by molar-refractivity contribution is 5.89. The number of rotatable bonds is 4. The molecule has 0 aliphatic carbocycles. The van der Waals surface area contributed by atoms with Gasteiger partial charge in [0, 0.05) is 36.2 Å². The van der Waals surface area contributed by atoms with E-state index in [4.69, 9.17) is 0 Å². The van der Waals surface area contributed by atoms with Crippen molar-refractivity contribution >= 4 is 16.8 Å². The van der Waals surface area contributed by atoms with Crippen molar-refractivity contribution in [1.82, 2.24) is 15.2 Å². The third-order valence-corrected chi connectivity index (χ3v) is 4.34. The summed E-state index contributed by atoms with van der Waals surface area (Å²) in [6.07, 6.45) is 4.35. The fraction of sp³-hybridized carbons (Fsp3) is 0.471. The number of carbonyl (C=O) groups excluding carboxylic acids is 1. The van der Waals surface area contributed by atoms with Gasteiger partial charge in [0.25, 0.3) is 0 Å².